The normalized spacial score (nSPS) is 14.0. The summed E-state index contributed by atoms with van der Waals surface area (Å²) < 4.78 is 10.4. The van der Waals surface area contributed by atoms with Gasteiger partial charge in [0.05, 0.1) is 12.9 Å². The third-order valence-corrected chi connectivity index (χ3v) is 3.03. The quantitative estimate of drug-likeness (QED) is 0.324. The molecule has 2 amide bonds. The lowest BCUT2D eigenvalue weighted by Gasteiger charge is -2.17. The number of rotatable bonds is 5. The second-order valence-electron chi connectivity index (χ2n) is 4.38. The molecule has 3 N–H and O–H groups in total. The highest BCUT2D eigenvalue weighted by Gasteiger charge is 2.26. The van der Waals surface area contributed by atoms with Gasteiger partial charge in [0, 0.05) is 0 Å². The zero-order chi connectivity index (χ0) is 17.0. The van der Waals surface area contributed by atoms with Gasteiger partial charge in [-0.2, -0.15) is 0 Å². The van der Waals surface area contributed by atoms with Crippen molar-refractivity contribution in [2.24, 2.45) is 0 Å². The molecule has 120 valence electrons. The van der Waals surface area contributed by atoms with Crippen LogP contribution in [-0.4, -0.2) is 28.6 Å². The van der Waals surface area contributed by atoms with E-state index in [9.17, 15) is 14.7 Å². The smallest absolute Gasteiger partial charge is 0.263 e. The number of amides is 2. The maximum absolute atomic E-state index is 11.9. The number of nitrogens with one attached hydrogen (secondary N) is 2. The van der Waals surface area contributed by atoms with Gasteiger partial charge in [-0.1, -0.05) is 6.58 Å². The highest BCUT2D eigenvalue weighted by atomic mass is 32.1. The largest absolute Gasteiger partial charge is 0.502 e. The number of carbonyl (C=O) groups is 2. The zero-order valence-corrected chi connectivity index (χ0v) is 13.0. The third-order valence-electron chi connectivity index (χ3n) is 2.83. The summed E-state index contributed by atoms with van der Waals surface area (Å²) in [6.07, 6.45) is 2.48. The Kier molecular flexibility index (Phi) is 4.97. The van der Waals surface area contributed by atoms with Crippen molar-refractivity contribution < 1.29 is 24.2 Å². The first kappa shape index (κ1) is 16.5. The maximum atomic E-state index is 11.9. The Labute approximate surface area is 137 Å². The van der Waals surface area contributed by atoms with Crippen molar-refractivity contribution in [1.82, 2.24) is 10.6 Å². The molecule has 1 saturated heterocycles. The number of thiocarbonyl (C=S) groups is 1. The molecule has 0 unspecified atom stereocenters. The number of hydrogen-bond acceptors (Lipinski definition) is 6. The van der Waals surface area contributed by atoms with Crippen LogP contribution in [0.4, 0.5) is 0 Å². The van der Waals surface area contributed by atoms with Crippen molar-refractivity contribution in [3.63, 3.8) is 0 Å². The van der Waals surface area contributed by atoms with E-state index in [1.54, 1.807) is 6.92 Å². The SMILES string of the molecule is C=COc1cc(C=C2C(=O)NC(=S)NC2=O)cc(OCC)c1O. The molecule has 0 atom stereocenters. The highest BCUT2D eigenvalue weighted by Crippen LogP contribution is 2.38. The Bertz CT molecular complexity index is 705. The van der Waals surface area contributed by atoms with Crippen molar-refractivity contribution in [3.8, 4) is 17.2 Å². The summed E-state index contributed by atoms with van der Waals surface area (Å²) >= 11 is 4.73. The van der Waals surface area contributed by atoms with Crippen molar-refractivity contribution >= 4 is 35.2 Å². The summed E-state index contributed by atoms with van der Waals surface area (Å²) in [6.45, 7) is 5.49. The van der Waals surface area contributed by atoms with Crippen LogP contribution in [0.1, 0.15) is 12.5 Å². The Balaban J connectivity index is 2.47. The number of carbonyl (C=O) groups excluding carboxylic acids is 2. The van der Waals surface area contributed by atoms with Crippen molar-refractivity contribution in [2.75, 3.05) is 6.61 Å². The van der Waals surface area contributed by atoms with Crippen LogP contribution in [0.5, 0.6) is 17.2 Å². The lowest BCUT2D eigenvalue weighted by Crippen LogP contribution is -2.51. The zero-order valence-electron chi connectivity index (χ0n) is 12.2. The number of hydrogen-bond donors (Lipinski definition) is 3. The molecule has 1 heterocycles. The van der Waals surface area contributed by atoms with Gasteiger partial charge in [-0.3, -0.25) is 20.2 Å². The average molecular weight is 334 g/mol. The molecular weight excluding hydrogens is 320 g/mol. The van der Waals surface area contributed by atoms with Crippen LogP contribution < -0.4 is 20.1 Å². The molecule has 1 aliphatic heterocycles. The molecule has 0 aromatic heterocycles. The minimum atomic E-state index is -0.615. The van der Waals surface area contributed by atoms with Crippen molar-refractivity contribution in [3.05, 3.63) is 36.1 Å². The van der Waals surface area contributed by atoms with Gasteiger partial charge in [-0.15, -0.1) is 0 Å². The van der Waals surface area contributed by atoms with Crippen LogP contribution in [0.3, 0.4) is 0 Å². The number of aromatic hydroxyl groups is 1. The molecule has 1 fully saturated rings. The molecule has 8 heteroatoms. The fraction of sp³-hybridized carbons (Fsp3) is 0.133. The van der Waals surface area contributed by atoms with Gasteiger partial charge in [-0.25, -0.2) is 0 Å². The first-order valence-electron chi connectivity index (χ1n) is 6.62. The van der Waals surface area contributed by atoms with E-state index in [1.165, 1.54) is 18.2 Å². The standard InChI is InChI=1S/C15H14N2O5S/c1-3-21-10-6-8(7-11(12(10)18)22-4-2)5-9-13(19)16-15(23)17-14(9)20/h3,5-7,18H,1,4H2,2H3,(H2,16,17,19,20,23). The first-order valence-corrected chi connectivity index (χ1v) is 7.02. The first-order chi connectivity index (χ1) is 11.0. The molecule has 7 nitrogen and oxygen atoms in total. The van der Waals surface area contributed by atoms with Crippen molar-refractivity contribution in [1.29, 1.82) is 0 Å². The second kappa shape index (κ2) is 6.93. The molecule has 1 aromatic carbocycles. The van der Waals surface area contributed by atoms with Gasteiger partial charge in [0.2, 0.25) is 5.75 Å². The molecule has 0 radical (unpaired) electrons. The van der Waals surface area contributed by atoms with Crippen LogP contribution in [-0.2, 0) is 9.59 Å². The van der Waals surface area contributed by atoms with Gasteiger partial charge < -0.3 is 14.6 Å². The van der Waals surface area contributed by atoms with Crippen LogP contribution in [0, 0.1) is 0 Å². The molecular formula is C15H14N2O5S. The Morgan fingerprint density at radius 1 is 1.26 bits per heavy atom. The van der Waals surface area contributed by atoms with Gasteiger partial charge in [0.15, 0.2) is 16.6 Å². The summed E-state index contributed by atoms with van der Waals surface area (Å²) in [7, 11) is 0. The average Bonchev–Trinajstić information content (AvgIpc) is 2.48. The predicted molar refractivity (Wildman–Crippen MR) is 87.0 cm³/mol. The van der Waals surface area contributed by atoms with Gasteiger partial charge in [0.25, 0.3) is 11.8 Å². The van der Waals surface area contributed by atoms with Crippen LogP contribution in [0.15, 0.2) is 30.5 Å². The van der Waals surface area contributed by atoms with E-state index in [2.05, 4.69) is 17.2 Å². The van der Waals surface area contributed by atoms with Gasteiger partial charge >= 0.3 is 0 Å². The summed E-state index contributed by atoms with van der Waals surface area (Å²) in [4.78, 5) is 23.7. The molecule has 23 heavy (non-hydrogen) atoms. The number of benzene rings is 1. The second-order valence-corrected chi connectivity index (χ2v) is 4.79. The molecule has 0 spiro atoms. The Morgan fingerprint density at radius 3 is 2.43 bits per heavy atom. The Morgan fingerprint density at radius 2 is 1.87 bits per heavy atom. The molecule has 0 saturated carbocycles. The minimum absolute atomic E-state index is 0.0476. The molecule has 1 aromatic rings. The van der Waals surface area contributed by atoms with Crippen LogP contribution >= 0.6 is 12.2 Å². The lowest BCUT2D eigenvalue weighted by atomic mass is 10.1. The van der Waals surface area contributed by atoms with E-state index in [1.807, 2.05) is 0 Å². The predicted octanol–water partition coefficient (Wildman–Crippen LogP) is 1.23. The summed E-state index contributed by atoms with van der Waals surface area (Å²) in [5.41, 5.74) is 0.299. The summed E-state index contributed by atoms with van der Waals surface area (Å²) in [6, 6.07) is 2.93. The number of phenols is 1. The van der Waals surface area contributed by atoms with E-state index in [0.29, 0.717) is 12.2 Å². The van der Waals surface area contributed by atoms with Crippen LogP contribution in [0.2, 0.25) is 0 Å². The maximum Gasteiger partial charge on any atom is 0.263 e. The monoisotopic (exact) mass is 334 g/mol. The fourth-order valence-corrected chi connectivity index (χ4v) is 2.09. The molecule has 2 rings (SSSR count). The molecule has 0 aliphatic carbocycles. The van der Waals surface area contributed by atoms with E-state index in [-0.39, 0.29) is 27.9 Å². The van der Waals surface area contributed by atoms with Crippen LogP contribution in [0.25, 0.3) is 6.08 Å². The van der Waals surface area contributed by atoms with E-state index in [0.717, 1.165) is 6.26 Å². The minimum Gasteiger partial charge on any atom is -0.502 e. The highest BCUT2D eigenvalue weighted by molar-refractivity contribution is 7.80. The van der Waals surface area contributed by atoms with Gasteiger partial charge in [0.1, 0.15) is 5.57 Å². The topological polar surface area (TPSA) is 96.9 Å². The van der Waals surface area contributed by atoms with E-state index >= 15 is 0 Å². The lowest BCUT2D eigenvalue weighted by molar-refractivity contribution is -0.123. The van der Waals surface area contributed by atoms with E-state index in [4.69, 9.17) is 21.7 Å². The van der Waals surface area contributed by atoms with E-state index < -0.39 is 11.8 Å². The number of phenolic OH excluding ortho intramolecular Hbond substituents is 1. The third kappa shape index (κ3) is 3.67. The fourth-order valence-electron chi connectivity index (χ4n) is 1.90. The Hall–Kier alpha value is -2.87. The summed E-state index contributed by atoms with van der Waals surface area (Å²) in [5, 5.41) is 14.6. The van der Waals surface area contributed by atoms with Gasteiger partial charge in [-0.05, 0) is 42.9 Å². The van der Waals surface area contributed by atoms with Crippen molar-refractivity contribution in [2.45, 2.75) is 6.92 Å². The molecule has 1 aliphatic rings. The molecule has 0 bridgehead atoms. The summed E-state index contributed by atoms with van der Waals surface area (Å²) in [5.74, 6) is -1.18. The number of ether oxygens (including phenoxy) is 2.